The number of hydrogen-bond acceptors (Lipinski definition) is 4. The molecule has 1 amide bonds. The van der Waals surface area contributed by atoms with Gasteiger partial charge in [0.15, 0.2) is 5.96 Å². The van der Waals surface area contributed by atoms with Crippen LogP contribution in [0.2, 0.25) is 5.02 Å². The number of ether oxygens (including phenoxy) is 2. The molecule has 9 heteroatoms. The average molecular weight is 553 g/mol. The first kappa shape index (κ1) is 26.9. The summed E-state index contributed by atoms with van der Waals surface area (Å²) < 4.78 is 11.1. The zero-order chi connectivity index (χ0) is 20.7. The highest BCUT2D eigenvalue weighted by Crippen LogP contribution is 2.15. The van der Waals surface area contributed by atoms with Crippen LogP contribution >= 0.6 is 35.6 Å². The van der Waals surface area contributed by atoms with Crippen molar-refractivity contribution in [2.24, 2.45) is 10.9 Å². The van der Waals surface area contributed by atoms with Crippen LogP contribution in [0.25, 0.3) is 0 Å². The van der Waals surface area contributed by atoms with E-state index in [4.69, 9.17) is 21.1 Å². The van der Waals surface area contributed by atoms with Crippen molar-refractivity contribution in [3.8, 4) is 0 Å². The molecule has 0 aromatic heterocycles. The molecule has 3 N–H and O–H groups in total. The van der Waals surface area contributed by atoms with Crippen molar-refractivity contribution in [1.82, 2.24) is 16.0 Å². The van der Waals surface area contributed by atoms with E-state index in [0.717, 1.165) is 51.6 Å². The maximum atomic E-state index is 12.1. The third-order valence-electron chi connectivity index (χ3n) is 4.58. The highest BCUT2D eigenvalue weighted by Gasteiger charge is 2.13. The van der Waals surface area contributed by atoms with E-state index in [2.05, 4.69) is 20.9 Å². The van der Waals surface area contributed by atoms with E-state index in [1.54, 1.807) is 24.3 Å². The SMILES string of the molecule is CCNC(=NCCCOCC1CCOCC1)NCCNC(=O)c1ccccc1Cl.I. The van der Waals surface area contributed by atoms with Crippen LogP contribution in [0.3, 0.4) is 0 Å². The summed E-state index contributed by atoms with van der Waals surface area (Å²) in [5.41, 5.74) is 0.482. The van der Waals surface area contributed by atoms with Gasteiger partial charge in [0, 0.05) is 52.6 Å². The lowest BCUT2D eigenvalue weighted by atomic mass is 10.0. The molecular weight excluding hydrogens is 519 g/mol. The molecule has 0 unspecified atom stereocenters. The van der Waals surface area contributed by atoms with Crippen LogP contribution in [0, 0.1) is 5.92 Å². The predicted molar refractivity (Wildman–Crippen MR) is 132 cm³/mol. The third-order valence-corrected chi connectivity index (χ3v) is 4.91. The summed E-state index contributed by atoms with van der Waals surface area (Å²) in [6.07, 6.45) is 3.07. The number of halogens is 2. The van der Waals surface area contributed by atoms with E-state index >= 15 is 0 Å². The van der Waals surface area contributed by atoms with E-state index in [1.165, 1.54) is 0 Å². The summed E-state index contributed by atoms with van der Waals surface area (Å²) in [7, 11) is 0. The molecule has 1 aromatic carbocycles. The summed E-state index contributed by atoms with van der Waals surface area (Å²) in [4.78, 5) is 16.7. The van der Waals surface area contributed by atoms with Gasteiger partial charge in [-0.3, -0.25) is 9.79 Å². The molecule has 2 rings (SSSR count). The molecule has 1 fully saturated rings. The van der Waals surface area contributed by atoms with Gasteiger partial charge in [0.25, 0.3) is 5.91 Å². The summed E-state index contributed by atoms with van der Waals surface area (Å²) >= 11 is 6.04. The first-order valence-electron chi connectivity index (χ1n) is 10.4. The van der Waals surface area contributed by atoms with E-state index < -0.39 is 0 Å². The Balaban J connectivity index is 0.00000450. The Labute approximate surface area is 201 Å². The number of benzene rings is 1. The number of hydrogen-bond donors (Lipinski definition) is 3. The number of carbonyl (C=O) groups is 1. The second-order valence-corrected chi connectivity index (χ2v) is 7.31. The Morgan fingerprint density at radius 3 is 2.67 bits per heavy atom. The number of rotatable bonds is 11. The smallest absolute Gasteiger partial charge is 0.252 e. The Morgan fingerprint density at radius 2 is 1.93 bits per heavy atom. The zero-order valence-electron chi connectivity index (χ0n) is 17.6. The van der Waals surface area contributed by atoms with Crippen LogP contribution in [-0.4, -0.2) is 64.5 Å². The average Bonchev–Trinajstić information content (AvgIpc) is 2.74. The zero-order valence-corrected chi connectivity index (χ0v) is 20.7. The molecule has 1 aromatic rings. The summed E-state index contributed by atoms with van der Waals surface area (Å²) in [6, 6.07) is 7.01. The fourth-order valence-corrected chi connectivity index (χ4v) is 3.18. The normalized spacial score (nSPS) is 14.7. The molecule has 1 heterocycles. The largest absolute Gasteiger partial charge is 0.381 e. The topological polar surface area (TPSA) is 84.0 Å². The number of amides is 1. The van der Waals surface area contributed by atoms with E-state index in [1.807, 2.05) is 6.92 Å². The molecule has 0 saturated carbocycles. The van der Waals surface area contributed by atoms with Gasteiger partial charge in [0.1, 0.15) is 0 Å². The molecule has 0 aliphatic carbocycles. The quantitative estimate of drug-likeness (QED) is 0.170. The molecule has 0 bridgehead atoms. The van der Waals surface area contributed by atoms with Crippen LogP contribution in [-0.2, 0) is 9.47 Å². The molecule has 1 saturated heterocycles. The molecule has 1 aliphatic rings. The summed E-state index contributed by atoms with van der Waals surface area (Å²) in [5, 5.41) is 9.73. The first-order chi connectivity index (χ1) is 14.2. The fraction of sp³-hybridized carbons (Fsp3) is 0.619. The Morgan fingerprint density at radius 1 is 1.20 bits per heavy atom. The monoisotopic (exact) mass is 552 g/mol. The van der Waals surface area contributed by atoms with Crippen LogP contribution in [0.4, 0.5) is 0 Å². The van der Waals surface area contributed by atoms with Crippen LogP contribution < -0.4 is 16.0 Å². The van der Waals surface area contributed by atoms with Crippen molar-refractivity contribution in [2.45, 2.75) is 26.2 Å². The fourth-order valence-electron chi connectivity index (χ4n) is 2.96. The number of nitrogens with zero attached hydrogens (tertiary/aromatic N) is 1. The molecular formula is C21H34ClIN4O3. The summed E-state index contributed by atoms with van der Waals surface area (Å²) in [5.74, 6) is 1.19. The van der Waals surface area contributed by atoms with Gasteiger partial charge in [-0.05, 0) is 44.2 Å². The van der Waals surface area contributed by atoms with Gasteiger partial charge in [-0.25, -0.2) is 0 Å². The van der Waals surface area contributed by atoms with Gasteiger partial charge >= 0.3 is 0 Å². The van der Waals surface area contributed by atoms with Crippen molar-refractivity contribution in [3.05, 3.63) is 34.9 Å². The molecule has 0 spiro atoms. The maximum absolute atomic E-state index is 12.1. The van der Waals surface area contributed by atoms with Crippen molar-refractivity contribution in [3.63, 3.8) is 0 Å². The Kier molecular flexibility index (Phi) is 14.9. The molecule has 0 radical (unpaired) electrons. The van der Waals surface area contributed by atoms with Crippen molar-refractivity contribution < 1.29 is 14.3 Å². The van der Waals surface area contributed by atoms with E-state index in [-0.39, 0.29) is 29.9 Å². The van der Waals surface area contributed by atoms with Gasteiger partial charge in [0.2, 0.25) is 0 Å². The lowest BCUT2D eigenvalue weighted by molar-refractivity contribution is 0.0205. The number of carbonyl (C=O) groups excluding carboxylic acids is 1. The van der Waals surface area contributed by atoms with Crippen molar-refractivity contribution in [2.75, 3.05) is 52.6 Å². The van der Waals surface area contributed by atoms with Gasteiger partial charge in [-0.1, -0.05) is 23.7 Å². The van der Waals surface area contributed by atoms with E-state index in [9.17, 15) is 4.79 Å². The molecule has 30 heavy (non-hydrogen) atoms. The van der Waals surface area contributed by atoms with Gasteiger partial charge < -0.3 is 25.4 Å². The minimum Gasteiger partial charge on any atom is -0.381 e. The molecule has 0 atom stereocenters. The lowest BCUT2D eigenvalue weighted by Crippen LogP contribution is -2.41. The highest BCUT2D eigenvalue weighted by atomic mass is 127. The minimum absolute atomic E-state index is 0. The van der Waals surface area contributed by atoms with Crippen LogP contribution in [0.5, 0.6) is 0 Å². The second-order valence-electron chi connectivity index (χ2n) is 6.91. The number of guanidine groups is 1. The number of aliphatic imine (C=N–C) groups is 1. The van der Waals surface area contributed by atoms with Gasteiger partial charge in [-0.2, -0.15) is 0 Å². The first-order valence-corrected chi connectivity index (χ1v) is 10.8. The van der Waals surface area contributed by atoms with Crippen LogP contribution in [0.1, 0.15) is 36.5 Å². The number of nitrogens with one attached hydrogen (secondary N) is 3. The van der Waals surface area contributed by atoms with E-state index in [0.29, 0.717) is 42.7 Å². The Hall–Kier alpha value is -1.10. The van der Waals surface area contributed by atoms with Crippen molar-refractivity contribution >= 4 is 47.4 Å². The summed E-state index contributed by atoms with van der Waals surface area (Å²) in [6.45, 7) is 7.78. The van der Waals surface area contributed by atoms with Crippen molar-refractivity contribution in [1.29, 1.82) is 0 Å². The molecule has 170 valence electrons. The Bertz CT molecular complexity index is 642. The lowest BCUT2D eigenvalue weighted by Gasteiger charge is -2.21. The molecule has 7 nitrogen and oxygen atoms in total. The maximum Gasteiger partial charge on any atom is 0.252 e. The standard InChI is InChI=1S/C21H33ClN4O3.HI/c1-2-23-21(25-10-5-13-29-16-17-8-14-28-15-9-17)26-12-11-24-20(27)18-6-3-4-7-19(18)22;/h3-4,6-7,17H,2,5,8-16H2,1H3,(H,24,27)(H2,23,25,26);1H. The molecule has 1 aliphatic heterocycles. The van der Waals surface area contributed by atoms with Gasteiger partial charge in [-0.15, -0.1) is 24.0 Å². The van der Waals surface area contributed by atoms with Crippen LogP contribution in [0.15, 0.2) is 29.3 Å². The highest BCUT2D eigenvalue weighted by molar-refractivity contribution is 14.0. The minimum atomic E-state index is -0.180. The predicted octanol–water partition coefficient (Wildman–Crippen LogP) is 3.08. The third kappa shape index (κ3) is 10.8. The van der Waals surface area contributed by atoms with Gasteiger partial charge in [0.05, 0.1) is 10.6 Å². The second kappa shape index (κ2) is 16.6.